The number of rotatable bonds is 6. The average Bonchev–Trinajstić information content (AvgIpc) is 2.83. The number of hydrogen-bond acceptors (Lipinski definition) is 5. The molecule has 0 radical (unpaired) electrons. The summed E-state index contributed by atoms with van der Waals surface area (Å²) in [6.07, 6.45) is 5.89. The molecule has 1 heterocycles. The van der Waals surface area contributed by atoms with Crippen LogP contribution in [0.15, 0.2) is 6.07 Å². The van der Waals surface area contributed by atoms with E-state index >= 15 is 0 Å². The molecule has 2 atom stereocenters. The highest BCUT2D eigenvalue weighted by Gasteiger charge is 2.26. The fourth-order valence-electron chi connectivity index (χ4n) is 2.36. The topological polar surface area (TPSA) is 47.0 Å². The van der Waals surface area contributed by atoms with Crippen LogP contribution >= 0.6 is 23.4 Å². The van der Waals surface area contributed by atoms with E-state index in [1.165, 1.54) is 19.3 Å². The molecule has 1 aromatic rings. The number of nitrogens with one attached hydrogen (secondary N) is 1. The first-order valence-electron chi connectivity index (χ1n) is 6.63. The number of hydrogen-bond donors (Lipinski definition) is 1. The standard InChI is InChI=1S/C13H20ClN3OS/c1-3-18-8-13-16-11(14)7-12(17-13)15-9-5-4-6-10(9)19-2/h7,9-10H,3-6,8H2,1-2H3,(H,15,16,17). The first-order valence-corrected chi connectivity index (χ1v) is 8.30. The quantitative estimate of drug-likeness (QED) is 0.816. The molecule has 4 nitrogen and oxygen atoms in total. The Kier molecular flexibility index (Phi) is 5.73. The SMILES string of the molecule is CCOCc1nc(Cl)cc(NC2CCCC2SC)n1. The summed E-state index contributed by atoms with van der Waals surface area (Å²) in [4.78, 5) is 8.63. The molecule has 1 aliphatic rings. The van der Waals surface area contributed by atoms with Crippen LogP contribution in [-0.4, -0.2) is 34.1 Å². The van der Waals surface area contributed by atoms with E-state index in [-0.39, 0.29) is 0 Å². The summed E-state index contributed by atoms with van der Waals surface area (Å²) < 4.78 is 5.33. The lowest BCUT2D eigenvalue weighted by Gasteiger charge is -2.20. The Balaban J connectivity index is 2.04. The van der Waals surface area contributed by atoms with Crippen molar-refractivity contribution >= 4 is 29.2 Å². The molecule has 2 unspecified atom stereocenters. The summed E-state index contributed by atoms with van der Waals surface area (Å²) in [6, 6.07) is 2.26. The lowest BCUT2D eigenvalue weighted by Crippen LogP contribution is -2.26. The van der Waals surface area contributed by atoms with Gasteiger partial charge in [-0.15, -0.1) is 0 Å². The molecule has 6 heteroatoms. The number of thioether (sulfide) groups is 1. The molecule has 0 saturated heterocycles. The minimum atomic E-state index is 0.405. The van der Waals surface area contributed by atoms with Crippen LogP contribution in [0.2, 0.25) is 5.15 Å². The maximum absolute atomic E-state index is 6.03. The van der Waals surface area contributed by atoms with Crippen LogP contribution in [0.25, 0.3) is 0 Å². The highest BCUT2D eigenvalue weighted by Crippen LogP contribution is 2.30. The number of aromatic nitrogens is 2. The zero-order valence-corrected chi connectivity index (χ0v) is 12.9. The molecule has 106 valence electrons. The van der Waals surface area contributed by atoms with Gasteiger partial charge in [-0.3, -0.25) is 0 Å². The summed E-state index contributed by atoms with van der Waals surface area (Å²) in [5.74, 6) is 1.44. The van der Waals surface area contributed by atoms with Gasteiger partial charge >= 0.3 is 0 Å². The Morgan fingerprint density at radius 3 is 3.05 bits per heavy atom. The van der Waals surface area contributed by atoms with Gasteiger partial charge in [-0.1, -0.05) is 18.0 Å². The van der Waals surface area contributed by atoms with Crippen LogP contribution in [0.1, 0.15) is 32.0 Å². The van der Waals surface area contributed by atoms with Crippen molar-refractivity contribution < 1.29 is 4.74 Å². The van der Waals surface area contributed by atoms with Gasteiger partial charge in [0, 0.05) is 24.0 Å². The predicted octanol–water partition coefficient (Wildman–Crippen LogP) is 3.36. The number of ether oxygens (including phenoxy) is 1. The van der Waals surface area contributed by atoms with Crippen molar-refractivity contribution in [3.05, 3.63) is 17.0 Å². The highest BCUT2D eigenvalue weighted by molar-refractivity contribution is 7.99. The lowest BCUT2D eigenvalue weighted by molar-refractivity contribution is 0.128. The van der Waals surface area contributed by atoms with E-state index in [1.54, 1.807) is 6.07 Å². The molecular weight excluding hydrogens is 282 g/mol. The van der Waals surface area contributed by atoms with Crippen LogP contribution in [0.5, 0.6) is 0 Å². The van der Waals surface area contributed by atoms with E-state index in [0.717, 1.165) is 5.82 Å². The largest absolute Gasteiger partial charge is 0.374 e. The molecule has 1 fully saturated rings. The van der Waals surface area contributed by atoms with Gasteiger partial charge in [0.25, 0.3) is 0 Å². The second-order valence-corrected chi connectivity index (χ2v) is 6.05. The first kappa shape index (κ1) is 14.9. The Morgan fingerprint density at radius 1 is 1.47 bits per heavy atom. The number of halogens is 1. The van der Waals surface area contributed by atoms with Gasteiger partial charge in [-0.05, 0) is 26.0 Å². The maximum Gasteiger partial charge on any atom is 0.158 e. The van der Waals surface area contributed by atoms with Crippen LogP contribution in [0.4, 0.5) is 5.82 Å². The number of anilines is 1. The molecule has 2 rings (SSSR count). The summed E-state index contributed by atoms with van der Waals surface area (Å²) in [5.41, 5.74) is 0. The fourth-order valence-corrected chi connectivity index (χ4v) is 3.50. The molecule has 1 N–H and O–H groups in total. The smallest absolute Gasteiger partial charge is 0.158 e. The summed E-state index contributed by atoms with van der Waals surface area (Å²) >= 11 is 7.95. The van der Waals surface area contributed by atoms with Gasteiger partial charge in [-0.2, -0.15) is 11.8 Å². The molecule has 0 amide bonds. The van der Waals surface area contributed by atoms with Crippen molar-refractivity contribution in [3.8, 4) is 0 Å². The van der Waals surface area contributed by atoms with Crippen molar-refractivity contribution in [1.29, 1.82) is 0 Å². The van der Waals surface area contributed by atoms with Gasteiger partial charge in [0.05, 0.1) is 0 Å². The molecular formula is C13H20ClN3OS. The minimum absolute atomic E-state index is 0.405. The van der Waals surface area contributed by atoms with E-state index in [9.17, 15) is 0 Å². The van der Waals surface area contributed by atoms with Crippen molar-refractivity contribution in [3.63, 3.8) is 0 Å². The van der Waals surface area contributed by atoms with Crippen molar-refractivity contribution in [1.82, 2.24) is 9.97 Å². The Hall–Kier alpha value is -0.520. The van der Waals surface area contributed by atoms with Crippen molar-refractivity contribution in [2.45, 2.75) is 44.1 Å². The van der Waals surface area contributed by atoms with Crippen LogP contribution in [-0.2, 0) is 11.3 Å². The zero-order chi connectivity index (χ0) is 13.7. The molecule has 1 saturated carbocycles. The van der Waals surface area contributed by atoms with Crippen LogP contribution < -0.4 is 5.32 Å². The van der Waals surface area contributed by atoms with Gasteiger partial charge in [-0.25, -0.2) is 9.97 Å². The lowest BCUT2D eigenvalue weighted by atomic mass is 10.2. The van der Waals surface area contributed by atoms with Crippen LogP contribution in [0.3, 0.4) is 0 Å². The van der Waals surface area contributed by atoms with E-state index in [2.05, 4.69) is 21.5 Å². The Bertz CT molecular complexity index is 419. The molecule has 0 aliphatic heterocycles. The molecule has 1 aliphatic carbocycles. The van der Waals surface area contributed by atoms with Gasteiger partial charge in [0.2, 0.25) is 0 Å². The van der Waals surface area contributed by atoms with Crippen molar-refractivity contribution in [2.24, 2.45) is 0 Å². The van der Waals surface area contributed by atoms with E-state index < -0.39 is 0 Å². The number of nitrogens with zero attached hydrogens (tertiary/aromatic N) is 2. The second-order valence-electron chi connectivity index (χ2n) is 4.59. The highest BCUT2D eigenvalue weighted by atomic mass is 35.5. The molecule has 1 aromatic heterocycles. The van der Waals surface area contributed by atoms with Gasteiger partial charge in [0.1, 0.15) is 17.6 Å². The zero-order valence-electron chi connectivity index (χ0n) is 11.4. The predicted molar refractivity (Wildman–Crippen MR) is 80.9 cm³/mol. The second kappa shape index (κ2) is 7.31. The van der Waals surface area contributed by atoms with E-state index in [1.807, 2.05) is 18.7 Å². The molecule has 0 aromatic carbocycles. The average molecular weight is 302 g/mol. The van der Waals surface area contributed by atoms with E-state index in [4.69, 9.17) is 16.3 Å². The third-order valence-electron chi connectivity index (χ3n) is 3.27. The monoisotopic (exact) mass is 301 g/mol. The van der Waals surface area contributed by atoms with Crippen molar-refractivity contribution in [2.75, 3.05) is 18.2 Å². The Morgan fingerprint density at radius 2 is 2.32 bits per heavy atom. The Labute approximate surface area is 123 Å². The molecule has 0 bridgehead atoms. The minimum Gasteiger partial charge on any atom is -0.374 e. The van der Waals surface area contributed by atoms with E-state index in [0.29, 0.717) is 35.5 Å². The molecule has 0 spiro atoms. The third kappa shape index (κ3) is 4.23. The van der Waals surface area contributed by atoms with Crippen LogP contribution in [0, 0.1) is 0 Å². The third-order valence-corrected chi connectivity index (χ3v) is 4.63. The van der Waals surface area contributed by atoms with Gasteiger partial charge < -0.3 is 10.1 Å². The summed E-state index contributed by atoms with van der Waals surface area (Å²) in [6.45, 7) is 3.00. The fraction of sp³-hybridized carbons (Fsp3) is 0.692. The molecule has 19 heavy (non-hydrogen) atoms. The summed E-state index contributed by atoms with van der Waals surface area (Å²) in [7, 11) is 0. The summed E-state index contributed by atoms with van der Waals surface area (Å²) in [5, 5.41) is 4.61. The van der Waals surface area contributed by atoms with Gasteiger partial charge in [0.15, 0.2) is 5.82 Å². The maximum atomic E-state index is 6.03. The first-order chi connectivity index (χ1) is 9.22. The normalized spacial score (nSPS) is 22.7.